The van der Waals surface area contributed by atoms with Gasteiger partial charge in [0.25, 0.3) is 0 Å². The van der Waals surface area contributed by atoms with Crippen LogP contribution in [0.15, 0.2) is 0 Å². The lowest BCUT2D eigenvalue weighted by atomic mass is 10.1. The predicted octanol–water partition coefficient (Wildman–Crippen LogP) is 0.907. The summed E-state index contributed by atoms with van der Waals surface area (Å²) in [6, 6.07) is 0. The minimum atomic E-state index is -2.89. The van der Waals surface area contributed by atoms with Gasteiger partial charge in [-0.25, -0.2) is 8.42 Å². The second kappa shape index (κ2) is 4.08. The first-order valence-electron chi connectivity index (χ1n) is 6.28. The average Bonchev–Trinajstić information content (AvgIpc) is 2.90. The quantitative estimate of drug-likeness (QED) is 0.748. The fraction of sp³-hybridized carbons (Fsp3) is 0.818. The fourth-order valence-electron chi connectivity index (χ4n) is 2.84. The van der Waals surface area contributed by atoms with E-state index >= 15 is 0 Å². The van der Waals surface area contributed by atoms with Gasteiger partial charge in [0, 0.05) is 18.9 Å². The normalized spacial score (nSPS) is 24.5. The van der Waals surface area contributed by atoms with Crippen molar-refractivity contribution in [2.24, 2.45) is 0 Å². The predicted molar refractivity (Wildman–Crippen MR) is 63.6 cm³/mol. The van der Waals surface area contributed by atoms with Crippen LogP contribution in [0.2, 0.25) is 0 Å². The maximum Gasteiger partial charge on any atom is 0.152 e. The van der Waals surface area contributed by atoms with Crippen molar-refractivity contribution in [1.29, 1.82) is 0 Å². The van der Waals surface area contributed by atoms with Crippen molar-refractivity contribution in [2.75, 3.05) is 11.5 Å². The summed E-state index contributed by atoms with van der Waals surface area (Å²) < 4.78 is 25.3. The van der Waals surface area contributed by atoms with Crippen LogP contribution in [-0.4, -0.2) is 34.7 Å². The lowest BCUT2D eigenvalue weighted by Crippen LogP contribution is -2.14. The SMILES string of the molecule is O=S1(=O)CCc2nnc(C3CCCC3)n2CC1. The highest BCUT2D eigenvalue weighted by atomic mass is 32.2. The van der Waals surface area contributed by atoms with Gasteiger partial charge in [-0.3, -0.25) is 0 Å². The van der Waals surface area contributed by atoms with E-state index in [2.05, 4.69) is 14.8 Å². The van der Waals surface area contributed by atoms with Gasteiger partial charge in [0.05, 0.1) is 11.5 Å². The largest absolute Gasteiger partial charge is 0.314 e. The number of sulfone groups is 1. The molecule has 17 heavy (non-hydrogen) atoms. The van der Waals surface area contributed by atoms with Crippen molar-refractivity contribution in [3.8, 4) is 0 Å². The Morgan fingerprint density at radius 2 is 1.88 bits per heavy atom. The van der Waals surface area contributed by atoms with E-state index in [1.165, 1.54) is 25.7 Å². The summed E-state index contributed by atoms with van der Waals surface area (Å²) >= 11 is 0. The standard InChI is InChI=1S/C11H17N3O2S/c15-17(16)7-5-10-12-13-11(14(10)6-8-17)9-3-1-2-4-9/h9H,1-8H2. The summed E-state index contributed by atoms with van der Waals surface area (Å²) in [7, 11) is -2.89. The monoisotopic (exact) mass is 255 g/mol. The molecule has 2 heterocycles. The molecular formula is C11H17N3O2S. The molecule has 2 aliphatic rings. The van der Waals surface area contributed by atoms with E-state index < -0.39 is 9.84 Å². The van der Waals surface area contributed by atoms with Gasteiger partial charge in [-0.05, 0) is 12.8 Å². The molecular weight excluding hydrogens is 238 g/mol. The number of aryl methyl sites for hydroxylation is 1. The molecule has 1 aromatic rings. The van der Waals surface area contributed by atoms with E-state index in [0.29, 0.717) is 18.9 Å². The fourth-order valence-corrected chi connectivity index (χ4v) is 4.00. The molecule has 0 saturated heterocycles. The molecule has 1 fully saturated rings. The highest BCUT2D eigenvalue weighted by Gasteiger charge is 2.27. The zero-order valence-corrected chi connectivity index (χ0v) is 10.6. The van der Waals surface area contributed by atoms with Crippen LogP contribution < -0.4 is 0 Å². The van der Waals surface area contributed by atoms with E-state index in [1.54, 1.807) is 0 Å². The van der Waals surface area contributed by atoms with Crippen LogP contribution in [0, 0.1) is 0 Å². The molecule has 3 rings (SSSR count). The maximum atomic E-state index is 11.6. The Labute approximate surface area is 101 Å². The molecule has 0 unspecified atom stereocenters. The minimum absolute atomic E-state index is 0.218. The van der Waals surface area contributed by atoms with Crippen LogP contribution >= 0.6 is 0 Å². The van der Waals surface area contributed by atoms with Crippen LogP contribution in [0.1, 0.15) is 43.3 Å². The van der Waals surface area contributed by atoms with Gasteiger partial charge in [-0.2, -0.15) is 0 Å². The molecule has 0 N–H and O–H groups in total. The Bertz CT molecular complexity index is 515. The van der Waals surface area contributed by atoms with Crippen molar-refractivity contribution < 1.29 is 8.42 Å². The third kappa shape index (κ3) is 2.10. The van der Waals surface area contributed by atoms with Gasteiger partial charge >= 0.3 is 0 Å². The molecule has 1 aliphatic carbocycles. The second-order valence-corrected chi connectivity index (χ2v) is 7.31. The average molecular weight is 255 g/mol. The van der Waals surface area contributed by atoms with Gasteiger partial charge < -0.3 is 4.57 Å². The topological polar surface area (TPSA) is 64.8 Å². The summed E-state index contributed by atoms with van der Waals surface area (Å²) in [6.07, 6.45) is 5.37. The Hall–Kier alpha value is -0.910. The first-order valence-corrected chi connectivity index (χ1v) is 8.10. The molecule has 0 atom stereocenters. The Morgan fingerprint density at radius 1 is 1.12 bits per heavy atom. The molecule has 0 aromatic carbocycles. The van der Waals surface area contributed by atoms with Crippen LogP contribution in [0.25, 0.3) is 0 Å². The molecule has 0 amide bonds. The Balaban J connectivity index is 1.92. The third-order valence-corrected chi connectivity index (χ3v) is 5.47. The van der Waals surface area contributed by atoms with Gasteiger partial charge in [-0.1, -0.05) is 12.8 Å². The van der Waals surface area contributed by atoms with Crippen molar-refractivity contribution in [2.45, 2.75) is 44.6 Å². The van der Waals surface area contributed by atoms with Crippen LogP contribution in [0.4, 0.5) is 0 Å². The van der Waals surface area contributed by atoms with Crippen molar-refractivity contribution in [1.82, 2.24) is 14.8 Å². The summed E-state index contributed by atoms with van der Waals surface area (Å²) in [5.41, 5.74) is 0. The molecule has 94 valence electrons. The molecule has 0 bridgehead atoms. The molecule has 1 aromatic heterocycles. The lowest BCUT2D eigenvalue weighted by Gasteiger charge is -2.11. The first kappa shape index (κ1) is 11.2. The summed E-state index contributed by atoms with van der Waals surface area (Å²) in [4.78, 5) is 0. The minimum Gasteiger partial charge on any atom is -0.314 e. The highest BCUT2D eigenvalue weighted by molar-refractivity contribution is 7.91. The lowest BCUT2D eigenvalue weighted by molar-refractivity contribution is 0.578. The zero-order chi connectivity index (χ0) is 11.9. The van der Waals surface area contributed by atoms with Gasteiger partial charge in [0.1, 0.15) is 11.6 Å². The van der Waals surface area contributed by atoms with E-state index in [1.807, 2.05) is 0 Å². The van der Waals surface area contributed by atoms with Gasteiger partial charge in [0.2, 0.25) is 0 Å². The van der Waals surface area contributed by atoms with Crippen molar-refractivity contribution >= 4 is 9.84 Å². The molecule has 1 aliphatic heterocycles. The van der Waals surface area contributed by atoms with E-state index in [4.69, 9.17) is 0 Å². The third-order valence-electron chi connectivity index (χ3n) is 3.84. The molecule has 5 nitrogen and oxygen atoms in total. The molecule has 0 spiro atoms. The summed E-state index contributed by atoms with van der Waals surface area (Å²) in [5, 5.41) is 8.46. The van der Waals surface area contributed by atoms with E-state index in [9.17, 15) is 8.42 Å². The Morgan fingerprint density at radius 3 is 2.65 bits per heavy atom. The zero-order valence-electron chi connectivity index (χ0n) is 9.80. The number of hydrogen-bond acceptors (Lipinski definition) is 4. The number of aromatic nitrogens is 3. The number of rotatable bonds is 1. The van der Waals surface area contributed by atoms with Crippen LogP contribution in [-0.2, 0) is 22.8 Å². The highest BCUT2D eigenvalue weighted by Crippen LogP contribution is 2.33. The first-order chi connectivity index (χ1) is 8.16. The Kier molecular flexibility index (Phi) is 2.69. The van der Waals surface area contributed by atoms with Gasteiger partial charge in [0.15, 0.2) is 9.84 Å². The van der Waals surface area contributed by atoms with Crippen LogP contribution in [0.5, 0.6) is 0 Å². The molecule has 1 saturated carbocycles. The summed E-state index contributed by atoms with van der Waals surface area (Å²) in [6.45, 7) is 0.538. The van der Waals surface area contributed by atoms with E-state index in [0.717, 1.165) is 11.6 Å². The number of fused-ring (bicyclic) bond motifs is 1. The number of nitrogens with zero attached hydrogens (tertiary/aromatic N) is 3. The second-order valence-electron chi connectivity index (χ2n) is 5.01. The van der Waals surface area contributed by atoms with Gasteiger partial charge in [-0.15, -0.1) is 10.2 Å². The van der Waals surface area contributed by atoms with E-state index in [-0.39, 0.29) is 11.5 Å². The van der Waals surface area contributed by atoms with Crippen molar-refractivity contribution in [3.05, 3.63) is 11.6 Å². The summed E-state index contributed by atoms with van der Waals surface area (Å²) in [5.74, 6) is 2.83. The smallest absolute Gasteiger partial charge is 0.152 e. The van der Waals surface area contributed by atoms with Crippen molar-refractivity contribution in [3.63, 3.8) is 0 Å². The maximum absolute atomic E-state index is 11.6. The number of hydrogen-bond donors (Lipinski definition) is 0. The molecule has 0 radical (unpaired) electrons. The van der Waals surface area contributed by atoms with Crippen LogP contribution in [0.3, 0.4) is 0 Å². The molecule has 6 heteroatoms.